The average molecular weight is 345 g/mol. The van der Waals surface area contributed by atoms with Gasteiger partial charge in [0.25, 0.3) is 0 Å². The number of hydrogen-bond acceptors (Lipinski definition) is 4. The molecule has 24 heavy (non-hydrogen) atoms. The third-order valence-corrected chi connectivity index (χ3v) is 5.40. The summed E-state index contributed by atoms with van der Waals surface area (Å²) >= 11 is 0. The van der Waals surface area contributed by atoms with Crippen LogP contribution in [-0.2, 0) is 30.3 Å². The third kappa shape index (κ3) is 3.79. The molecule has 0 spiro atoms. The molecule has 1 N–H and O–H groups in total. The molecule has 0 bridgehead atoms. The van der Waals surface area contributed by atoms with Crippen LogP contribution in [0.4, 0.5) is 0 Å². The number of aryl methyl sites for hydroxylation is 1. The summed E-state index contributed by atoms with van der Waals surface area (Å²) in [4.78, 5) is 3.33. The van der Waals surface area contributed by atoms with Crippen LogP contribution in [0.5, 0.6) is 11.5 Å². The summed E-state index contributed by atoms with van der Waals surface area (Å²) in [5, 5.41) is 9.64. The topological polar surface area (TPSA) is 49.8 Å². The van der Waals surface area contributed by atoms with Crippen molar-refractivity contribution in [1.82, 2.24) is 4.90 Å². The van der Waals surface area contributed by atoms with E-state index in [1.165, 1.54) is 16.7 Å². The van der Waals surface area contributed by atoms with E-state index in [-0.39, 0.29) is 5.75 Å². The van der Waals surface area contributed by atoms with Gasteiger partial charge in [-0.05, 0) is 60.3 Å². The predicted molar refractivity (Wildman–Crippen MR) is 95.9 cm³/mol. The average Bonchev–Trinajstić information content (AvgIpc) is 2.98. The second-order valence-corrected chi connectivity index (χ2v) is 7.58. The molecule has 3 rings (SSSR count). The van der Waals surface area contributed by atoms with E-state index in [2.05, 4.69) is 17.0 Å². The number of aromatic hydroxyl groups is 1. The van der Waals surface area contributed by atoms with Gasteiger partial charge in [-0.15, -0.1) is 0 Å². The summed E-state index contributed by atoms with van der Waals surface area (Å²) in [6.45, 7) is 2.91. The van der Waals surface area contributed by atoms with Gasteiger partial charge in [0.15, 0.2) is 11.5 Å². The van der Waals surface area contributed by atoms with Gasteiger partial charge >= 0.3 is 0 Å². The molecule has 1 heterocycles. The van der Waals surface area contributed by atoms with Gasteiger partial charge in [0.05, 0.1) is 7.11 Å². The maximum Gasteiger partial charge on any atom is 0.160 e. The fourth-order valence-corrected chi connectivity index (χ4v) is 3.73. The van der Waals surface area contributed by atoms with Gasteiger partial charge in [0.1, 0.15) is 0 Å². The second-order valence-electron chi connectivity index (χ2n) is 6.21. The number of ether oxygens (including phenoxy) is 1. The minimum absolute atomic E-state index is 0.181. The third-order valence-electron chi connectivity index (χ3n) is 4.48. The molecule has 0 saturated heterocycles. The second kappa shape index (κ2) is 7.36. The number of fused-ring (bicyclic) bond motifs is 1. The van der Waals surface area contributed by atoms with E-state index in [1.807, 2.05) is 18.2 Å². The van der Waals surface area contributed by atoms with E-state index in [4.69, 9.17) is 4.74 Å². The highest BCUT2D eigenvalue weighted by Crippen LogP contribution is 2.28. The van der Waals surface area contributed by atoms with Gasteiger partial charge in [-0.3, -0.25) is 9.11 Å². The number of nitrogens with zero attached hydrogens (tertiary/aromatic N) is 1. The molecule has 2 aromatic carbocycles. The molecule has 1 unspecified atom stereocenters. The predicted octanol–water partition coefficient (Wildman–Crippen LogP) is 3.09. The van der Waals surface area contributed by atoms with Gasteiger partial charge in [-0.1, -0.05) is 12.1 Å². The number of phenolic OH excluding ortho intramolecular Hbond substituents is 1. The van der Waals surface area contributed by atoms with Crippen LogP contribution in [-0.4, -0.2) is 34.1 Å². The summed E-state index contributed by atoms with van der Waals surface area (Å²) in [6, 6.07) is 11.7. The Kier molecular flexibility index (Phi) is 5.21. The zero-order chi connectivity index (χ0) is 17.1. The first-order valence-electron chi connectivity index (χ1n) is 8.10. The van der Waals surface area contributed by atoms with Gasteiger partial charge in [0, 0.05) is 35.0 Å². The number of hydrogen-bond donors (Lipinski definition) is 1. The molecule has 128 valence electrons. The van der Waals surface area contributed by atoms with Gasteiger partial charge in [-0.25, -0.2) is 0 Å². The van der Waals surface area contributed by atoms with Crippen molar-refractivity contribution in [2.75, 3.05) is 19.9 Å². The van der Waals surface area contributed by atoms with Crippen LogP contribution in [0.2, 0.25) is 0 Å². The molecule has 0 fully saturated rings. The van der Waals surface area contributed by atoms with Crippen molar-refractivity contribution < 1.29 is 14.1 Å². The van der Waals surface area contributed by atoms with Crippen LogP contribution in [0, 0.1) is 0 Å². The molecule has 4 nitrogen and oxygen atoms in total. The molecular formula is C19H23NO3S. The largest absolute Gasteiger partial charge is 0.504 e. The van der Waals surface area contributed by atoms with Crippen molar-refractivity contribution in [3.05, 3.63) is 53.1 Å². The van der Waals surface area contributed by atoms with Crippen LogP contribution in [0.15, 0.2) is 41.3 Å². The number of rotatable bonds is 6. The lowest BCUT2D eigenvalue weighted by atomic mass is 10.1. The molecule has 1 aliphatic rings. The van der Waals surface area contributed by atoms with Crippen molar-refractivity contribution >= 4 is 10.8 Å². The molecule has 0 radical (unpaired) electrons. The summed E-state index contributed by atoms with van der Waals surface area (Å²) < 4.78 is 16.8. The summed E-state index contributed by atoms with van der Waals surface area (Å²) in [5.41, 5.74) is 3.81. The van der Waals surface area contributed by atoms with Crippen molar-refractivity contribution in [3.63, 3.8) is 0 Å². The molecular weight excluding hydrogens is 322 g/mol. The summed E-state index contributed by atoms with van der Waals surface area (Å²) in [5.74, 6) is 0.710. The summed E-state index contributed by atoms with van der Waals surface area (Å²) in [7, 11) is 0.648. The van der Waals surface area contributed by atoms with E-state index in [0.717, 1.165) is 37.4 Å². The first-order valence-corrected chi connectivity index (χ1v) is 9.66. The van der Waals surface area contributed by atoms with Crippen molar-refractivity contribution in [3.8, 4) is 11.5 Å². The molecule has 1 atom stereocenters. The first kappa shape index (κ1) is 17.0. The molecule has 2 aromatic rings. The minimum atomic E-state index is -0.919. The molecule has 0 amide bonds. The fraction of sp³-hybridized carbons (Fsp3) is 0.368. The maximum absolute atomic E-state index is 11.6. The Hall–Kier alpha value is -1.85. The standard InChI is InChI=1S/C19H23NO3S/c1-23-19-10-14(5-8-18(19)21)4-3-9-20-12-15-6-7-17(24(2)22)11-16(15)13-20/h5-8,10-11,21H,3-4,9,12-13H2,1-2H3. The van der Waals surface area contributed by atoms with Gasteiger partial charge < -0.3 is 9.84 Å². The molecule has 1 aliphatic heterocycles. The Labute approximate surface area is 145 Å². The Morgan fingerprint density at radius 3 is 2.71 bits per heavy atom. The van der Waals surface area contributed by atoms with Crippen molar-refractivity contribution in [2.45, 2.75) is 30.8 Å². The highest BCUT2D eigenvalue weighted by atomic mass is 32.2. The van der Waals surface area contributed by atoms with E-state index in [0.29, 0.717) is 5.75 Å². The van der Waals surface area contributed by atoms with Crippen molar-refractivity contribution in [1.29, 1.82) is 0 Å². The zero-order valence-corrected chi connectivity index (χ0v) is 14.9. The highest BCUT2D eigenvalue weighted by Gasteiger charge is 2.19. The van der Waals surface area contributed by atoms with Crippen LogP contribution in [0.25, 0.3) is 0 Å². The maximum atomic E-state index is 11.6. The van der Waals surface area contributed by atoms with E-state index >= 15 is 0 Å². The Bertz CT molecular complexity index is 760. The van der Waals surface area contributed by atoms with E-state index in [1.54, 1.807) is 19.4 Å². The van der Waals surface area contributed by atoms with Crippen molar-refractivity contribution in [2.24, 2.45) is 0 Å². The number of benzene rings is 2. The van der Waals surface area contributed by atoms with Crippen LogP contribution in [0.1, 0.15) is 23.1 Å². The summed E-state index contributed by atoms with van der Waals surface area (Å²) in [6.07, 6.45) is 3.72. The lowest BCUT2D eigenvalue weighted by Gasteiger charge is -2.14. The monoisotopic (exact) mass is 345 g/mol. The van der Waals surface area contributed by atoms with Gasteiger partial charge in [-0.2, -0.15) is 0 Å². The SMILES string of the molecule is COc1cc(CCCN2Cc3ccc(S(C)=O)cc3C2)ccc1O. The lowest BCUT2D eigenvalue weighted by molar-refractivity contribution is 0.280. The van der Waals surface area contributed by atoms with E-state index in [9.17, 15) is 9.32 Å². The number of phenols is 1. The molecule has 0 saturated carbocycles. The molecule has 0 aromatic heterocycles. The smallest absolute Gasteiger partial charge is 0.160 e. The Morgan fingerprint density at radius 1 is 1.17 bits per heavy atom. The highest BCUT2D eigenvalue weighted by molar-refractivity contribution is 7.84. The minimum Gasteiger partial charge on any atom is -0.504 e. The Morgan fingerprint density at radius 2 is 1.96 bits per heavy atom. The fourth-order valence-electron chi connectivity index (χ4n) is 3.16. The van der Waals surface area contributed by atoms with E-state index < -0.39 is 10.8 Å². The zero-order valence-electron chi connectivity index (χ0n) is 14.1. The quantitative estimate of drug-likeness (QED) is 0.874. The lowest BCUT2D eigenvalue weighted by Crippen LogP contribution is -2.18. The number of methoxy groups -OCH3 is 1. The molecule has 5 heteroatoms. The normalized spacial score (nSPS) is 15.2. The Balaban J connectivity index is 1.54. The van der Waals surface area contributed by atoms with Gasteiger partial charge in [0.2, 0.25) is 0 Å². The first-order chi connectivity index (χ1) is 11.6. The molecule has 0 aliphatic carbocycles. The van der Waals surface area contributed by atoms with Crippen LogP contribution >= 0.6 is 0 Å². The van der Waals surface area contributed by atoms with Crippen LogP contribution in [0.3, 0.4) is 0 Å². The van der Waals surface area contributed by atoms with Crippen LogP contribution < -0.4 is 4.74 Å².